The Morgan fingerprint density at radius 1 is 1.12 bits per heavy atom. The molecule has 6 nitrogen and oxygen atoms in total. The van der Waals surface area contributed by atoms with Crippen LogP contribution in [0, 0.1) is 0 Å². The normalized spacial score (nSPS) is 25.7. The van der Waals surface area contributed by atoms with Crippen molar-refractivity contribution in [1.82, 2.24) is 14.9 Å². The van der Waals surface area contributed by atoms with Crippen molar-refractivity contribution < 1.29 is 0 Å². The number of aromatic nitrogens is 2. The predicted octanol–water partition coefficient (Wildman–Crippen LogP) is 1.14. The number of nitrogen functional groups attached to an aromatic ring is 1. The summed E-state index contributed by atoms with van der Waals surface area (Å²) in [5.74, 6) is 0.250. The third-order valence-electron chi connectivity index (χ3n) is 5.47. The smallest absolute Gasteiger partial charge is 0.354 e. The van der Waals surface area contributed by atoms with E-state index in [1.807, 2.05) is 6.07 Å². The minimum atomic E-state index is -0.340. The molecule has 0 bridgehead atoms. The zero-order chi connectivity index (χ0) is 17.4. The number of nitrogens with two attached hydrogens (primary N) is 2. The van der Waals surface area contributed by atoms with Crippen LogP contribution >= 0.6 is 0 Å². The van der Waals surface area contributed by atoms with Crippen molar-refractivity contribution >= 4 is 5.82 Å². The topological polar surface area (TPSA) is 99.0 Å². The van der Waals surface area contributed by atoms with Crippen molar-refractivity contribution in [2.45, 2.75) is 56.7 Å². The number of hydrogen-bond donors (Lipinski definition) is 3. The zero-order valence-electron chi connectivity index (χ0n) is 14.3. The van der Waals surface area contributed by atoms with Crippen LogP contribution in [0.25, 0.3) is 5.69 Å². The SMILES string of the molecule is Nc1ccn(-c2ccc3c(c2)CCC(N[C@@H]2CC[C@H](N)C2)C3)c(=O)n1. The second-order valence-corrected chi connectivity index (χ2v) is 7.33. The summed E-state index contributed by atoms with van der Waals surface area (Å²) in [6.07, 6.45) is 8.29. The molecule has 0 aliphatic heterocycles. The molecule has 2 aliphatic carbocycles. The number of hydrogen-bond acceptors (Lipinski definition) is 5. The Bertz CT molecular complexity index is 831. The van der Waals surface area contributed by atoms with Crippen LogP contribution in [-0.2, 0) is 12.8 Å². The summed E-state index contributed by atoms with van der Waals surface area (Å²) < 4.78 is 1.54. The van der Waals surface area contributed by atoms with E-state index in [-0.39, 0.29) is 11.5 Å². The minimum absolute atomic E-state index is 0.250. The molecular formula is C19H25N5O. The summed E-state index contributed by atoms with van der Waals surface area (Å²) in [5.41, 5.74) is 14.8. The van der Waals surface area contributed by atoms with Crippen molar-refractivity contribution in [2.75, 3.05) is 5.73 Å². The van der Waals surface area contributed by atoms with E-state index in [1.54, 1.807) is 16.8 Å². The number of rotatable bonds is 3. The molecule has 1 fully saturated rings. The van der Waals surface area contributed by atoms with Gasteiger partial charge < -0.3 is 16.8 Å². The largest absolute Gasteiger partial charge is 0.383 e. The predicted molar refractivity (Wildman–Crippen MR) is 98.8 cm³/mol. The lowest BCUT2D eigenvalue weighted by Crippen LogP contribution is -2.41. The highest BCUT2D eigenvalue weighted by Crippen LogP contribution is 2.26. The molecule has 0 radical (unpaired) electrons. The van der Waals surface area contributed by atoms with Crippen molar-refractivity contribution in [1.29, 1.82) is 0 Å². The van der Waals surface area contributed by atoms with Gasteiger partial charge in [-0.05, 0) is 67.9 Å². The lowest BCUT2D eigenvalue weighted by atomic mass is 9.87. The highest BCUT2D eigenvalue weighted by Gasteiger charge is 2.26. The molecule has 1 aromatic heterocycles. The molecule has 0 saturated heterocycles. The van der Waals surface area contributed by atoms with E-state index in [2.05, 4.69) is 22.4 Å². The first-order valence-electron chi connectivity index (χ1n) is 9.07. The fraction of sp³-hybridized carbons (Fsp3) is 0.474. The van der Waals surface area contributed by atoms with E-state index >= 15 is 0 Å². The van der Waals surface area contributed by atoms with Crippen molar-refractivity contribution in [2.24, 2.45) is 5.73 Å². The molecule has 0 spiro atoms. The fourth-order valence-corrected chi connectivity index (χ4v) is 4.15. The van der Waals surface area contributed by atoms with Crippen LogP contribution in [0.3, 0.4) is 0 Å². The minimum Gasteiger partial charge on any atom is -0.383 e. The van der Waals surface area contributed by atoms with Gasteiger partial charge in [-0.1, -0.05) is 6.07 Å². The maximum Gasteiger partial charge on any atom is 0.354 e. The van der Waals surface area contributed by atoms with Gasteiger partial charge in [-0.25, -0.2) is 4.79 Å². The summed E-state index contributed by atoms with van der Waals surface area (Å²) in [7, 11) is 0. The third kappa shape index (κ3) is 3.45. The average molecular weight is 339 g/mol. The number of aryl methyl sites for hydroxylation is 1. The molecule has 1 unspecified atom stereocenters. The maximum atomic E-state index is 12.0. The van der Waals surface area contributed by atoms with Gasteiger partial charge in [-0.15, -0.1) is 0 Å². The molecule has 132 valence electrons. The van der Waals surface area contributed by atoms with Crippen LogP contribution in [0.1, 0.15) is 36.8 Å². The van der Waals surface area contributed by atoms with Gasteiger partial charge in [0.2, 0.25) is 0 Å². The Balaban J connectivity index is 1.50. The molecular weight excluding hydrogens is 314 g/mol. The third-order valence-corrected chi connectivity index (χ3v) is 5.47. The molecule has 2 aromatic rings. The van der Waals surface area contributed by atoms with E-state index in [4.69, 9.17) is 11.5 Å². The second-order valence-electron chi connectivity index (χ2n) is 7.33. The number of fused-ring (bicyclic) bond motifs is 1. The molecule has 1 heterocycles. The summed E-state index contributed by atoms with van der Waals surface area (Å²) >= 11 is 0. The van der Waals surface area contributed by atoms with Gasteiger partial charge in [0.05, 0.1) is 5.69 Å². The van der Waals surface area contributed by atoms with E-state index < -0.39 is 0 Å². The summed E-state index contributed by atoms with van der Waals surface area (Å²) in [4.78, 5) is 15.8. The monoisotopic (exact) mass is 339 g/mol. The lowest BCUT2D eigenvalue weighted by Gasteiger charge is -2.28. The van der Waals surface area contributed by atoms with Gasteiger partial charge in [0.1, 0.15) is 5.82 Å². The molecule has 3 atom stereocenters. The standard InChI is InChI=1S/C19H25N5O/c20-14-3-5-16(11-14)22-15-4-1-13-10-17(6-2-12(13)9-15)24-8-7-18(21)23-19(24)25/h2,6-8,10,14-16,22H,1,3-5,9,11,20H2,(H2,21,23,25)/t14-,15?,16+/m0/s1. The Morgan fingerprint density at radius 2 is 2.00 bits per heavy atom. The van der Waals surface area contributed by atoms with Crippen LogP contribution in [0.4, 0.5) is 5.82 Å². The number of anilines is 1. The number of nitrogens with zero attached hydrogens (tertiary/aromatic N) is 2. The van der Waals surface area contributed by atoms with E-state index in [0.717, 1.165) is 37.8 Å². The fourth-order valence-electron chi connectivity index (χ4n) is 4.15. The van der Waals surface area contributed by atoms with Gasteiger partial charge in [-0.3, -0.25) is 4.57 Å². The Morgan fingerprint density at radius 3 is 2.76 bits per heavy atom. The molecule has 4 rings (SSSR count). The maximum absolute atomic E-state index is 12.0. The lowest BCUT2D eigenvalue weighted by molar-refractivity contribution is 0.393. The van der Waals surface area contributed by atoms with Crippen LogP contribution in [-0.4, -0.2) is 27.7 Å². The van der Waals surface area contributed by atoms with Crippen molar-refractivity contribution in [3.63, 3.8) is 0 Å². The molecule has 0 amide bonds. The molecule has 2 aliphatic rings. The summed E-state index contributed by atoms with van der Waals surface area (Å²) in [6, 6.07) is 9.34. The Hall–Kier alpha value is -2.18. The number of nitrogens with one attached hydrogen (secondary N) is 1. The van der Waals surface area contributed by atoms with Crippen molar-refractivity contribution in [3.8, 4) is 5.69 Å². The molecule has 5 N–H and O–H groups in total. The molecule has 1 saturated carbocycles. The first kappa shape index (κ1) is 16.3. The molecule has 6 heteroatoms. The first-order valence-corrected chi connectivity index (χ1v) is 9.07. The van der Waals surface area contributed by atoms with E-state index in [0.29, 0.717) is 18.1 Å². The van der Waals surface area contributed by atoms with Gasteiger partial charge >= 0.3 is 5.69 Å². The van der Waals surface area contributed by atoms with Crippen LogP contribution < -0.4 is 22.5 Å². The van der Waals surface area contributed by atoms with Gasteiger partial charge in [0.25, 0.3) is 0 Å². The highest BCUT2D eigenvalue weighted by atomic mass is 16.1. The average Bonchev–Trinajstić information content (AvgIpc) is 2.99. The number of benzene rings is 1. The van der Waals surface area contributed by atoms with Crippen LogP contribution in [0.2, 0.25) is 0 Å². The summed E-state index contributed by atoms with van der Waals surface area (Å²) in [6.45, 7) is 0. The second kappa shape index (κ2) is 6.61. The summed E-state index contributed by atoms with van der Waals surface area (Å²) in [5, 5.41) is 3.79. The van der Waals surface area contributed by atoms with Crippen LogP contribution in [0.15, 0.2) is 35.3 Å². The van der Waals surface area contributed by atoms with Crippen LogP contribution in [0.5, 0.6) is 0 Å². The van der Waals surface area contributed by atoms with Gasteiger partial charge in [-0.2, -0.15) is 4.98 Å². The van der Waals surface area contributed by atoms with E-state index in [9.17, 15) is 4.79 Å². The highest BCUT2D eigenvalue weighted by molar-refractivity contribution is 5.43. The first-order chi connectivity index (χ1) is 12.1. The Kier molecular flexibility index (Phi) is 4.31. The van der Waals surface area contributed by atoms with E-state index in [1.165, 1.54) is 17.5 Å². The molecule has 1 aromatic carbocycles. The quantitative estimate of drug-likeness (QED) is 0.779. The van der Waals surface area contributed by atoms with Gasteiger partial charge in [0.15, 0.2) is 0 Å². The zero-order valence-corrected chi connectivity index (χ0v) is 14.3. The molecule has 25 heavy (non-hydrogen) atoms. The van der Waals surface area contributed by atoms with Gasteiger partial charge in [0, 0.05) is 24.3 Å². The van der Waals surface area contributed by atoms with Crippen molar-refractivity contribution in [3.05, 3.63) is 52.1 Å². The Labute approximate surface area is 147 Å².